The zero-order valence-corrected chi connectivity index (χ0v) is 16.0. The van der Waals surface area contributed by atoms with Crippen molar-refractivity contribution in [3.63, 3.8) is 0 Å². The molecule has 1 atom stereocenters. The summed E-state index contributed by atoms with van der Waals surface area (Å²) in [7, 11) is 0. The number of aldehydes is 1. The fourth-order valence-electron chi connectivity index (χ4n) is 4.86. The monoisotopic (exact) mass is 356 g/mol. The molecule has 1 aliphatic carbocycles. The van der Waals surface area contributed by atoms with Crippen LogP contribution in [0.5, 0.6) is 0 Å². The van der Waals surface area contributed by atoms with Crippen LogP contribution in [0, 0.1) is 5.41 Å². The molecule has 1 spiro atoms. The topological polar surface area (TPSA) is 58.2 Å². The van der Waals surface area contributed by atoms with Gasteiger partial charge < -0.3 is 15.4 Å². The summed E-state index contributed by atoms with van der Waals surface area (Å²) in [5.74, 6) is 0.537. The molecule has 1 saturated heterocycles. The van der Waals surface area contributed by atoms with E-state index in [-0.39, 0.29) is 5.91 Å². The molecule has 4 nitrogen and oxygen atoms in total. The first kappa shape index (κ1) is 19.1. The summed E-state index contributed by atoms with van der Waals surface area (Å²) in [4.78, 5) is 22.9. The van der Waals surface area contributed by atoms with E-state index in [1.165, 1.54) is 30.4 Å². The standard InChI is InChI=1S/C22H32N2O2/c1-2-24-21(26)17-7-8-19-16-22(9-11-23-12-10-22)15-18(20(19)14-17)6-4-3-5-13-25/h7-8,13-14,18,23H,2-6,9-12,15-16H2,1H3,(H,24,26). The highest BCUT2D eigenvalue weighted by atomic mass is 16.1. The molecule has 0 bridgehead atoms. The fourth-order valence-corrected chi connectivity index (χ4v) is 4.86. The second-order valence-electron chi connectivity index (χ2n) is 8.05. The molecule has 3 rings (SSSR count). The van der Waals surface area contributed by atoms with Gasteiger partial charge in [-0.1, -0.05) is 12.5 Å². The Morgan fingerprint density at radius 3 is 2.85 bits per heavy atom. The first-order valence-electron chi connectivity index (χ1n) is 10.2. The summed E-state index contributed by atoms with van der Waals surface area (Å²) in [6.07, 6.45) is 9.72. The summed E-state index contributed by atoms with van der Waals surface area (Å²) >= 11 is 0. The Kier molecular flexibility index (Phi) is 6.47. The lowest BCUT2D eigenvalue weighted by Crippen LogP contribution is -2.41. The zero-order chi connectivity index (χ0) is 18.4. The van der Waals surface area contributed by atoms with Crippen molar-refractivity contribution in [3.8, 4) is 0 Å². The molecule has 1 aromatic rings. The number of hydrogen-bond acceptors (Lipinski definition) is 3. The lowest BCUT2D eigenvalue weighted by Gasteiger charge is -2.45. The van der Waals surface area contributed by atoms with Crippen LogP contribution in [0.1, 0.15) is 79.3 Å². The predicted molar refractivity (Wildman–Crippen MR) is 105 cm³/mol. The molecule has 2 N–H and O–H groups in total. The molecule has 4 heteroatoms. The second-order valence-corrected chi connectivity index (χ2v) is 8.05. The van der Waals surface area contributed by atoms with Gasteiger partial charge >= 0.3 is 0 Å². The van der Waals surface area contributed by atoms with Crippen molar-refractivity contribution in [3.05, 3.63) is 34.9 Å². The van der Waals surface area contributed by atoms with Crippen LogP contribution in [0.25, 0.3) is 0 Å². The molecule has 2 aliphatic rings. The number of piperidine rings is 1. The van der Waals surface area contributed by atoms with Gasteiger partial charge in [-0.25, -0.2) is 0 Å². The lowest BCUT2D eigenvalue weighted by atomic mass is 9.62. The van der Waals surface area contributed by atoms with Crippen molar-refractivity contribution < 1.29 is 9.59 Å². The van der Waals surface area contributed by atoms with E-state index in [4.69, 9.17) is 0 Å². The molecular formula is C22H32N2O2. The molecule has 1 amide bonds. The van der Waals surface area contributed by atoms with E-state index >= 15 is 0 Å². The number of carbonyl (C=O) groups is 2. The summed E-state index contributed by atoms with van der Waals surface area (Å²) < 4.78 is 0. The highest BCUT2D eigenvalue weighted by Gasteiger charge is 2.39. The molecule has 1 heterocycles. The van der Waals surface area contributed by atoms with Gasteiger partial charge in [0.25, 0.3) is 5.91 Å². The molecule has 1 unspecified atom stereocenters. The summed E-state index contributed by atoms with van der Waals surface area (Å²) in [5, 5.41) is 6.42. The number of unbranched alkanes of at least 4 members (excludes halogenated alkanes) is 2. The highest BCUT2D eigenvalue weighted by Crippen LogP contribution is 2.49. The normalized spacial score (nSPS) is 21.2. The van der Waals surface area contributed by atoms with Crippen LogP contribution in [-0.2, 0) is 11.2 Å². The molecular weight excluding hydrogens is 324 g/mol. The minimum atomic E-state index is 0.0251. The number of hydrogen-bond donors (Lipinski definition) is 2. The highest BCUT2D eigenvalue weighted by molar-refractivity contribution is 5.94. The van der Waals surface area contributed by atoms with Gasteiger partial charge in [0.1, 0.15) is 6.29 Å². The summed E-state index contributed by atoms with van der Waals surface area (Å²) in [5.41, 5.74) is 4.01. The number of amides is 1. The van der Waals surface area contributed by atoms with Crippen molar-refractivity contribution in [2.45, 2.75) is 64.2 Å². The van der Waals surface area contributed by atoms with Crippen molar-refractivity contribution in [1.82, 2.24) is 10.6 Å². The van der Waals surface area contributed by atoms with Crippen molar-refractivity contribution in [2.24, 2.45) is 5.41 Å². The van der Waals surface area contributed by atoms with E-state index in [9.17, 15) is 9.59 Å². The van der Waals surface area contributed by atoms with E-state index in [0.717, 1.165) is 50.6 Å². The molecule has 1 fully saturated rings. The van der Waals surface area contributed by atoms with Gasteiger partial charge in [0.15, 0.2) is 0 Å². The zero-order valence-electron chi connectivity index (χ0n) is 16.0. The van der Waals surface area contributed by atoms with Gasteiger partial charge in [-0.2, -0.15) is 0 Å². The smallest absolute Gasteiger partial charge is 0.251 e. The Bertz CT molecular complexity index is 635. The maximum atomic E-state index is 12.3. The van der Waals surface area contributed by atoms with E-state index < -0.39 is 0 Å². The van der Waals surface area contributed by atoms with Crippen LogP contribution in [0.2, 0.25) is 0 Å². The minimum Gasteiger partial charge on any atom is -0.352 e. The second kappa shape index (κ2) is 8.81. The van der Waals surface area contributed by atoms with Crippen LogP contribution < -0.4 is 10.6 Å². The Morgan fingerprint density at radius 1 is 1.31 bits per heavy atom. The molecule has 1 aromatic carbocycles. The summed E-state index contributed by atoms with van der Waals surface area (Å²) in [6, 6.07) is 6.33. The third-order valence-corrected chi connectivity index (χ3v) is 6.22. The maximum Gasteiger partial charge on any atom is 0.251 e. The van der Waals surface area contributed by atoms with E-state index in [2.05, 4.69) is 22.8 Å². The number of fused-ring (bicyclic) bond motifs is 1. The Labute approximate surface area is 157 Å². The van der Waals surface area contributed by atoms with Crippen LogP contribution in [0.15, 0.2) is 18.2 Å². The van der Waals surface area contributed by atoms with Crippen molar-refractivity contribution in [1.29, 1.82) is 0 Å². The van der Waals surface area contributed by atoms with E-state index in [0.29, 0.717) is 24.3 Å². The Morgan fingerprint density at radius 2 is 2.12 bits per heavy atom. The Hall–Kier alpha value is -1.68. The average molecular weight is 357 g/mol. The molecule has 0 radical (unpaired) electrons. The van der Waals surface area contributed by atoms with Gasteiger partial charge in [0.05, 0.1) is 0 Å². The van der Waals surface area contributed by atoms with Gasteiger partial charge in [-0.3, -0.25) is 4.79 Å². The number of rotatable bonds is 7. The molecule has 26 heavy (non-hydrogen) atoms. The van der Waals surface area contributed by atoms with Gasteiger partial charge in [0, 0.05) is 18.5 Å². The summed E-state index contributed by atoms with van der Waals surface area (Å²) in [6.45, 7) is 4.84. The fraction of sp³-hybridized carbons (Fsp3) is 0.636. The molecule has 0 aromatic heterocycles. The third-order valence-electron chi connectivity index (χ3n) is 6.22. The first-order valence-corrected chi connectivity index (χ1v) is 10.2. The Balaban J connectivity index is 1.84. The van der Waals surface area contributed by atoms with Crippen LogP contribution >= 0.6 is 0 Å². The van der Waals surface area contributed by atoms with E-state index in [1.54, 1.807) is 0 Å². The quantitative estimate of drug-likeness (QED) is 0.580. The van der Waals surface area contributed by atoms with Crippen LogP contribution in [0.3, 0.4) is 0 Å². The average Bonchev–Trinajstić information content (AvgIpc) is 2.65. The SMILES string of the molecule is CCNC(=O)c1ccc2c(c1)C(CCCCC=O)CC1(CCNCC1)C2. The largest absolute Gasteiger partial charge is 0.352 e. The van der Waals surface area contributed by atoms with E-state index in [1.807, 2.05) is 13.0 Å². The third kappa shape index (κ3) is 4.35. The number of carbonyl (C=O) groups excluding carboxylic acids is 2. The lowest BCUT2D eigenvalue weighted by molar-refractivity contribution is -0.107. The van der Waals surface area contributed by atoms with Crippen molar-refractivity contribution in [2.75, 3.05) is 19.6 Å². The van der Waals surface area contributed by atoms with Gasteiger partial charge in [-0.15, -0.1) is 0 Å². The predicted octanol–water partition coefficient (Wildman–Crippen LogP) is 3.60. The number of benzene rings is 1. The van der Waals surface area contributed by atoms with Gasteiger partial charge in [0.2, 0.25) is 0 Å². The van der Waals surface area contributed by atoms with Crippen molar-refractivity contribution >= 4 is 12.2 Å². The molecule has 0 saturated carbocycles. The molecule has 142 valence electrons. The maximum absolute atomic E-state index is 12.3. The van der Waals surface area contributed by atoms with Crippen LogP contribution in [-0.4, -0.2) is 31.8 Å². The number of nitrogens with one attached hydrogen (secondary N) is 2. The molecule has 1 aliphatic heterocycles. The van der Waals surface area contributed by atoms with Crippen LogP contribution in [0.4, 0.5) is 0 Å². The van der Waals surface area contributed by atoms with Gasteiger partial charge in [-0.05, 0) is 93.1 Å². The minimum absolute atomic E-state index is 0.0251. The first-order chi connectivity index (χ1) is 12.7.